The largest absolute Gasteiger partial charge is 0.241 e. The van der Waals surface area contributed by atoms with E-state index in [1.54, 1.807) is 44.2 Å². The van der Waals surface area contributed by atoms with Gasteiger partial charge in [-0.05, 0) is 43.2 Å². The van der Waals surface area contributed by atoms with Crippen molar-refractivity contribution in [3.8, 4) is 0 Å². The van der Waals surface area contributed by atoms with Crippen LogP contribution >= 0.6 is 11.6 Å². The third-order valence-electron chi connectivity index (χ3n) is 3.09. The van der Waals surface area contributed by atoms with Crippen LogP contribution in [0, 0.1) is 6.92 Å². The molecule has 2 aromatic rings. The van der Waals surface area contributed by atoms with Gasteiger partial charge in [0.15, 0.2) is 0 Å². The molecule has 3 nitrogen and oxygen atoms in total. The van der Waals surface area contributed by atoms with E-state index in [0.29, 0.717) is 9.92 Å². The molecule has 0 bridgehead atoms. The van der Waals surface area contributed by atoms with Crippen LogP contribution in [0.4, 0.5) is 0 Å². The molecule has 0 aliphatic heterocycles. The number of rotatable bonds is 4. The van der Waals surface area contributed by atoms with Gasteiger partial charge in [0.1, 0.15) is 0 Å². The van der Waals surface area contributed by atoms with E-state index in [2.05, 4.69) is 4.72 Å². The van der Waals surface area contributed by atoms with Gasteiger partial charge in [-0.3, -0.25) is 0 Å². The number of aryl methyl sites for hydroxylation is 1. The van der Waals surface area contributed by atoms with Crippen molar-refractivity contribution in [2.45, 2.75) is 24.8 Å². The fourth-order valence-electron chi connectivity index (χ4n) is 1.97. The molecule has 2 rings (SSSR count). The SMILES string of the molecule is Cc1ccccc1S(=O)(=O)N[C@H](C)c1ccc(Cl)cc1. The van der Waals surface area contributed by atoms with Crippen molar-refractivity contribution in [3.63, 3.8) is 0 Å². The van der Waals surface area contributed by atoms with Crippen molar-refractivity contribution >= 4 is 21.6 Å². The van der Waals surface area contributed by atoms with Gasteiger partial charge in [-0.25, -0.2) is 13.1 Å². The molecule has 0 aromatic heterocycles. The molecule has 0 amide bonds. The second-order valence-corrected chi connectivity index (χ2v) is 6.78. The minimum atomic E-state index is -3.53. The van der Waals surface area contributed by atoms with E-state index in [1.807, 2.05) is 18.2 Å². The van der Waals surface area contributed by atoms with Crippen LogP contribution in [0.25, 0.3) is 0 Å². The molecule has 0 radical (unpaired) electrons. The Morgan fingerprint density at radius 1 is 1.05 bits per heavy atom. The molecule has 0 heterocycles. The highest BCUT2D eigenvalue weighted by Crippen LogP contribution is 2.20. The topological polar surface area (TPSA) is 46.2 Å². The Balaban J connectivity index is 2.24. The number of hydrogen-bond acceptors (Lipinski definition) is 2. The van der Waals surface area contributed by atoms with Gasteiger partial charge < -0.3 is 0 Å². The Morgan fingerprint density at radius 3 is 2.25 bits per heavy atom. The summed E-state index contributed by atoms with van der Waals surface area (Å²) in [7, 11) is -3.53. The second-order valence-electron chi connectivity index (χ2n) is 4.66. The first-order valence-electron chi connectivity index (χ1n) is 6.23. The smallest absolute Gasteiger partial charge is 0.207 e. The lowest BCUT2D eigenvalue weighted by Crippen LogP contribution is -2.27. The van der Waals surface area contributed by atoms with Crippen molar-refractivity contribution in [2.24, 2.45) is 0 Å². The van der Waals surface area contributed by atoms with Gasteiger partial charge in [0.2, 0.25) is 10.0 Å². The summed E-state index contributed by atoms with van der Waals surface area (Å²) in [4.78, 5) is 0.306. The van der Waals surface area contributed by atoms with Crippen LogP contribution in [0.2, 0.25) is 5.02 Å². The third-order valence-corrected chi connectivity index (χ3v) is 5.04. The zero-order valence-corrected chi connectivity index (χ0v) is 12.9. The van der Waals surface area contributed by atoms with Gasteiger partial charge in [0.25, 0.3) is 0 Å². The summed E-state index contributed by atoms with van der Waals surface area (Å²) in [5.74, 6) is 0. The summed E-state index contributed by atoms with van der Waals surface area (Å²) in [6, 6.07) is 13.7. The summed E-state index contributed by atoms with van der Waals surface area (Å²) < 4.78 is 27.4. The van der Waals surface area contributed by atoms with Crippen LogP contribution in [0.3, 0.4) is 0 Å². The van der Waals surface area contributed by atoms with Crippen LogP contribution in [0.5, 0.6) is 0 Å². The monoisotopic (exact) mass is 309 g/mol. The molecule has 0 fully saturated rings. The van der Waals surface area contributed by atoms with E-state index in [1.165, 1.54) is 0 Å². The lowest BCUT2D eigenvalue weighted by molar-refractivity contribution is 0.566. The van der Waals surface area contributed by atoms with Gasteiger partial charge in [-0.15, -0.1) is 0 Å². The molecule has 1 N–H and O–H groups in total. The van der Waals surface area contributed by atoms with Gasteiger partial charge in [0.05, 0.1) is 4.90 Å². The van der Waals surface area contributed by atoms with Crippen molar-refractivity contribution in [2.75, 3.05) is 0 Å². The molecular formula is C15H16ClNO2S. The first-order valence-corrected chi connectivity index (χ1v) is 8.10. The van der Waals surface area contributed by atoms with E-state index < -0.39 is 10.0 Å². The molecule has 0 aliphatic carbocycles. The Labute approximate surface area is 124 Å². The fraction of sp³-hybridized carbons (Fsp3) is 0.200. The van der Waals surface area contributed by atoms with Crippen molar-refractivity contribution in [1.29, 1.82) is 0 Å². The third kappa shape index (κ3) is 3.39. The van der Waals surface area contributed by atoms with Crippen LogP contribution in [-0.4, -0.2) is 8.42 Å². The summed E-state index contributed by atoms with van der Waals surface area (Å²) >= 11 is 5.83. The summed E-state index contributed by atoms with van der Waals surface area (Å²) in [5.41, 5.74) is 1.59. The van der Waals surface area contributed by atoms with E-state index in [9.17, 15) is 8.42 Å². The van der Waals surface area contributed by atoms with Crippen LogP contribution in [0.15, 0.2) is 53.4 Å². The molecule has 20 heavy (non-hydrogen) atoms. The van der Waals surface area contributed by atoms with Gasteiger partial charge in [-0.1, -0.05) is 41.9 Å². The van der Waals surface area contributed by atoms with E-state index in [4.69, 9.17) is 11.6 Å². The maximum absolute atomic E-state index is 12.4. The Kier molecular flexibility index (Phi) is 4.48. The van der Waals surface area contributed by atoms with Crippen LogP contribution in [0.1, 0.15) is 24.1 Å². The standard InChI is InChI=1S/C15H16ClNO2S/c1-11-5-3-4-6-15(11)20(18,19)17-12(2)13-7-9-14(16)10-8-13/h3-10,12,17H,1-2H3/t12-/m1/s1. The maximum atomic E-state index is 12.4. The highest BCUT2D eigenvalue weighted by Gasteiger charge is 2.19. The van der Waals surface area contributed by atoms with Crippen molar-refractivity contribution < 1.29 is 8.42 Å². The average Bonchev–Trinajstić information content (AvgIpc) is 2.39. The van der Waals surface area contributed by atoms with E-state index >= 15 is 0 Å². The average molecular weight is 310 g/mol. The Bertz CT molecular complexity index is 696. The molecule has 0 unspecified atom stereocenters. The molecule has 0 saturated heterocycles. The molecule has 0 aliphatic rings. The lowest BCUT2D eigenvalue weighted by Gasteiger charge is -2.15. The van der Waals surface area contributed by atoms with Gasteiger partial charge in [-0.2, -0.15) is 0 Å². The number of halogens is 1. The highest BCUT2D eigenvalue weighted by atomic mass is 35.5. The first-order chi connectivity index (χ1) is 9.40. The molecule has 2 aromatic carbocycles. The molecular weight excluding hydrogens is 294 g/mol. The summed E-state index contributed by atoms with van der Waals surface area (Å²) in [6.45, 7) is 3.58. The number of benzene rings is 2. The van der Waals surface area contributed by atoms with Crippen LogP contribution < -0.4 is 4.72 Å². The van der Waals surface area contributed by atoms with Gasteiger partial charge in [0, 0.05) is 11.1 Å². The molecule has 1 atom stereocenters. The zero-order chi connectivity index (χ0) is 14.8. The normalized spacial score (nSPS) is 13.2. The molecule has 5 heteroatoms. The minimum absolute atomic E-state index is 0.306. The molecule has 106 valence electrons. The summed E-state index contributed by atoms with van der Waals surface area (Å²) in [5, 5.41) is 0.628. The molecule has 0 saturated carbocycles. The number of hydrogen-bond donors (Lipinski definition) is 1. The van der Waals surface area contributed by atoms with Gasteiger partial charge >= 0.3 is 0 Å². The molecule has 0 spiro atoms. The first kappa shape index (κ1) is 15.0. The van der Waals surface area contributed by atoms with Crippen molar-refractivity contribution in [3.05, 3.63) is 64.7 Å². The summed E-state index contributed by atoms with van der Waals surface area (Å²) in [6.07, 6.45) is 0. The van der Waals surface area contributed by atoms with Crippen LogP contribution in [-0.2, 0) is 10.0 Å². The van der Waals surface area contributed by atoms with Crippen molar-refractivity contribution in [1.82, 2.24) is 4.72 Å². The highest BCUT2D eigenvalue weighted by molar-refractivity contribution is 7.89. The zero-order valence-electron chi connectivity index (χ0n) is 11.3. The number of nitrogens with one attached hydrogen (secondary N) is 1. The second kappa shape index (κ2) is 5.95. The Morgan fingerprint density at radius 2 is 1.65 bits per heavy atom. The quantitative estimate of drug-likeness (QED) is 0.936. The maximum Gasteiger partial charge on any atom is 0.241 e. The fourth-order valence-corrected chi connectivity index (χ4v) is 3.58. The minimum Gasteiger partial charge on any atom is -0.207 e. The van der Waals surface area contributed by atoms with E-state index in [-0.39, 0.29) is 6.04 Å². The predicted octanol–water partition coefficient (Wildman–Crippen LogP) is 3.69. The predicted molar refractivity (Wildman–Crippen MR) is 81.4 cm³/mol. The number of sulfonamides is 1. The van der Waals surface area contributed by atoms with E-state index in [0.717, 1.165) is 11.1 Å². The Hall–Kier alpha value is -1.36. The lowest BCUT2D eigenvalue weighted by atomic mass is 10.1.